The highest BCUT2D eigenvalue weighted by Gasteiger charge is 2.25. The average molecular weight is 316 g/mol. The lowest BCUT2D eigenvalue weighted by atomic mass is 9.99. The molecule has 5 heteroatoms. The number of nitrogens with one attached hydrogen (secondary N) is 1. The Kier molecular flexibility index (Phi) is 5.16. The third kappa shape index (κ3) is 4.66. The molecule has 0 heterocycles. The molecule has 1 rings (SSSR count). The standard InChI is InChI=1S/C13H18BrNO3/c1-9(16)13(2,3)15-12(17)8-18-11-6-4-10(14)5-7-11/h4-7,9,16H,8H2,1-3H3,(H,15,17). The van der Waals surface area contributed by atoms with E-state index >= 15 is 0 Å². The number of ether oxygens (including phenoxy) is 1. The number of carbonyl (C=O) groups excluding carboxylic acids is 1. The number of carbonyl (C=O) groups is 1. The van der Waals surface area contributed by atoms with Crippen molar-refractivity contribution in [3.05, 3.63) is 28.7 Å². The molecule has 18 heavy (non-hydrogen) atoms. The molecule has 0 aliphatic heterocycles. The van der Waals surface area contributed by atoms with Crippen LogP contribution < -0.4 is 10.1 Å². The number of aliphatic hydroxyl groups is 1. The number of amides is 1. The number of benzene rings is 1. The van der Waals surface area contributed by atoms with Gasteiger partial charge in [-0.15, -0.1) is 0 Å². The van der Waals surface area contributed by atoms with Gasteiger partial charge in [0.25, 0.3) is 5.91 Å². The summed E-state index contributed by atoms with van der Waals surface area (Å²) in [7, 11) is 0. The largest absolute Gasteiger partial charge is 0.484 e. The SMILES string of the molecule is CC(O)C(C)(C)NC(=O)COc1ccc(Br)cc1. The van der Waals surface area contributed by atoms with E-state index in [1.54, 1.807) is 32.9 Å². The Balaban J connectivity index is 2.44. The Bertz CT molecular complexity index is 401. The Morgan fingerprint density at radius 1 is 1.44 bits per heavy atom. The van der Waals surface area contributed by atoms with Crippen molar-refractivity contribution in [2.75, 3.05) is 6.61 Å². The van der Waals surface area contributed by atoms with Crippen LogP contribution in [0.1, 0.15) is 20.8 Å². The maximum atomic E-state index is 11.6. The van der Waals surface area contributed by atoms with Crippen molar-refractivity contribution in [2.45, 2.75) is 32.4 Å². The van der Waals surface area contributed by atoms with Crippen LogP contribution >= 0.6 is 15.9 Å². The summed E-state index contributed by atoms with van der Waals surface area (Å²) in [4.78, 5) is 11.6. The molecule has 0 radical (unpaired) electrons. The van der Waals surface area contributed by atoms with Crippen LogP contribution in [-0.4, -0.2) is 29.3 Å². The second kappa shape index (κ2) is 6.20. The van der Waals surface area contributed by atoms with E-state index in [0.29, 0.717) is 5.75 Å². The minimum atomic E-state index is -0.667. The van der Waals surface area contributed by atoms with E-state index in [1.807, 2.05) is 12.1 Å². The number of aliphatic hydroxyl groups excluding tert-OH is 1. The van der Waals surface area contributed by atoms with Gasteiger partial charge in [0.15, 0.2) is 6.61 Å². The molecule has 0 fully saturated rings. The van der Waals surface area contributed by atoms with Crippen molar-refractivity contribution in [1.82, 2.24) is 5.32 Å². The minimum Gasteiger partial charge on any atom is -0.484 e. The molecule has 0 saturated heterocycles. The molecule has 1 aromatic carbocycles. The van der Waals surface area contributed by atoms with Gasteiger partial charge in [-0.1, -0.05) is 15.9 Å². The summed E-state index contributed by atoms with van der Waals surface area (Å²) < 4.78 is 6.29. The predicted octanol–water partition coefficient (Wildman–Crippen LogP) is 2.10. The van der Waals surface area contributed by atoms with Crippen LogP contribution in [-0.2, 0) is 4.79 Å². The Morgan fingerprint density at radius 3 is 2.50 bits per heavy atom. The summed E-state index contributed by atoms with van der Waals surface area (Å²) in [5.74, 6) is 0.368. The van der Waals surface area contributed by atoms with Crippen molar-refractivity contribution >= 4 is 21.8 Å². The summed E-state index contributed by atoms with van der Waals surface area (Å²) >= 11 is 3.32. The monoisotopic (exact) mass is 315 g/mol. The predicted molar refractivity (Wildman–Crippen MR) is 73.5 cm³/mol. The van der Waals surface area contributed by atoms with Crippen LogP contribution in [0.3, 0.4) is 0 Å². The molecule has 4 nitrogen and oxygen atoms in total. The van der Waals surface area contributed by atoms with Crippen LogP contribution in [0.2, 0.25) is 0 Å². The fourth-order valence-electron chi connectivity index (χ4n) is 1.18. The van der Waals surface area contributed by atoms with Gasteiger partial charge in [-0.05, 0) is 45.0 Å². The van der Waals surface area contributed by atoms with E-state index in [1.165, 1.54) is 0 Å². The van der Waals surface area contributed by atoms with Crippen LogP contribution in [0.25, 0.3) is 0 Å². The molecule has 0 spiro atoms. The molecule has 100 valence electrons. The highest BCUT2D eigenvalue weighted by molar-refractivity contribution is 9.10. The molecule has 0 aliphatic rings. The maximum absolute atomic E-state index is 11.6. The second-order valence-corrected chi connectivity index (χ2v) is 5.60. The van der Waals surface area contributed by atoms with E-state index in [4.69, 9.17) is 4.74 Å². The lowest BCUT2D eigenvalue weighted by molar-refractivity contribution is -0.126. The number of rotatable bonds is 5. The van der Waals surface area contributed by atoms with Crippen molar-refractivity contribution in [1.29, 1.82) is 0 Å². The summed E-state index contributed by atoms with van der Waals surface area (Å²) in [5, 5.41) is 12.2. The second-order valence-electron chi connectivity index (χ2n) is 4.69. The molecular formula is C13H18BrNO3. The van der Waals surface area contributed by atoms with Gasteiger partial charge in [0.1, 0.15) is 5.75 Å². The third-order valence-corrected chi connectivity index (χ3v) is 3.22. The zero-order valence-electron chi connectivity index (χ0n) is 10.7. The summed E-state index contributed by atoms with van der Waals surface area (Å²) in [6, 6.07) is 7.23. The van der Waals surface area contributed by atoms with Gasteiger partial charge in [-0.25, -0.2) is 0 Å². The molecule has 1 amide bonds. The van der Waals surface area contributed by atoms with Gasteiger partial charge >= 0.3 is 0 Å². The summed E-state index contributed by atoms with van der Waals surface area (Å²) in [5.41, 5.74) is -0.667. The van der Waals surface area contributed by atoms with Crippen molar-refractivity contribution in [3.63, 3.8) is 0 Å². The molecule has 0 aliphatic carbocycles. The van der Waals surface area contributed by atoms with E-state index in [2.05, 4.69) is 21.2 Å². The highest BCUT2D eigenvalue weighted by atomic mass is 79.9. The molecule has 1 atom stereocenters. The maximum Gasteiger partial charge on any atom is 0.258 e. The van der Waals surface area contributed by atoms with E-state index < -0.39 is 11.6 Å². The molecule has 0 bridgehead atoms. The van der Waals surface area contributed by atoms with Gasteiger partial charge < -0.3 is 15.2 Å². The number of hydrogen-bond acceptors (Lipinski definition) is 3. The zero-order valence-corrected chi connectivity index (χ0v) is 12.3. The lowest BCUT2D eigenvalue weighted by Gasteiger charge is -2.29. The fourth-order valence-corrected chi connectivity index (χ4v) is 1.44. The minimum absolute atomic E-state index is 0.0716. The Morgan fingerprint density at radius 2 is 2.00 bits per heavy atom. The number of halogens is 1. The normalized spacial score (nSPS) is 12.9. The van der Waals surface area contributed by atoms with Gasteiger partial charge in [0, 0.05) is 4.47 Å². The van der Waals surface area contributed by atoms with Crippen molar-refractivity contribution < 1.29 is 14.6 Å². The summed E-state index contributed by atoms with van der Waals surface area (Å²) in [6.07, 6.45) is -0.630. The summed E-state index contributed by atoms with van der Waals surface area (Å²) in [6.45, 7) is 5.08. The number of hydrogen-bond donors (Lipinski definition) is 2. The molecule has 2 N–H and O–H groups in total. The van der Waals surface area contributed by atoms with Crippen LogP contribution in [0.15, 0.2) is 28.7 Å². The van der Waals surface area contributed by atoms with Crippen LogP contribution in [0, 0.1) is 0 Å². The topological polar surface area (TPSA) is 58.6 Å². The molecule has 1 aromatic rings. The first-order valence-electron chi connectivity index (χ1n) is 5.69. The first-order valence-corrected chi connectivity index (χ1v) is 6.48. The smallest absolute Gasteiger partial charge is 0.258 e. The third-order valence-electron chi connectivity index (χ3n) is 2.69. The highest BCUT2D eigenvalue weighted by Crippen LogP contribution is 2.16. The first-order chi connectivity index (χ1) is 8.31. The molecule has 1 unspecified atom stereocenters. The first kappa shape index (κ1) is 15.0. The molecule has 0 saturated carbocycles. The van der Waals surface area contributed by atoms with Crippen molar-refractivity contribution in [2.24, 2.45) is 0 Å². The molecular weight excluding hydrogens is 298 g/mol. The van der Waals surface area contributed by atoms with Gasteiger partial charge in [0.05, 0.1) is 11.6 Å². The van der Waals surface area contributed by atoms with Crippen molar-refractivity contribution in [3.8, 4) is 5.75 Å². The van der Waals surface area contributed by atoms with E-state index in [0.717, 1.165) is 4.47 Å². The average Bonchev–Trinajstić information content (AvgIpc) is 2.27. The van der Waals surface area contributed by atoms with Gasteiger partial charge in [-0.3, -0.25) is 4.79 Å². The van der Waals surface area contributed by atoms with Gasteiger partial charge in [0.2, 0.25) is 0 Å². The Labute approximate surface area is 115 Å². The van der Waals surface area contributed by atoms with Crippen LogP contribution in [0.4, 0.5) is 0 Å². The van der Waals surface area contributed by atoms with E-state index in [-0.39, 0.29) is 12.5 Å². The lowest BCUT2D eigenvalue weighted by Crippen LogP contribution is -2.52. The molecule has 0 aromatic heterocycles. The van der Waals surface area contributed by atoms with Crippen LogP contribution in [0.5, 0.6) is 5.75 Å². The van der Waals surface area contributed by atoms with E-state index in [9.17, 15) is 9.90 Å². The zero-order chi connectivity index (χ0) is 13.8. The van der Waals surface area contributed by atoms with Gasteiger partial charge in [-0.2, -0.15) is 0 Å². The quantitative estimate of drug-likeness (QED) is 0.875. The fraction of sp³-hybridized carbons (Fsp3) is 0.462. The Hall–Kier alpha value is -1.07.